The van der Waals surface area contributed by atoms with Gasteiger partial charge in [0.2, 0.25) is 0 Å². The molecule has 0 saturated carbocycles. The standard InChI is InChI=1S/C15H20O/c1-9-6-7-16-15(9)14-11(3)8-10(2)12(4)13(14)5/h6-9,15H,1-5H3/t9-,15+/m0/s1. The van der Waals surface area contributed by atoms with Crippen molar-refractivity contribution in [2.24, 2.45) is 5.92 Å². The average molecular weight is 216 g/mol. The van der Waals surface area contributed by atoms with E-state index in [1.165, 1.54) is 27.8 Å². The van der Waals surface area contributed by atoms with E-state index in [0.29, 0.717) is 5.92 Å². The first kappa shape index (κ1) is 11.3. The molecule has 0 radical (unpaired) electrons. The lowest BCUT2D eigenvalue weighted by atomic mass is 9.87. The van der Waals surface area contributed by atoms with Gasteiger partial charge in [-0.15, -0.1) is 0 Å². The number of ether oxygens (including phenoxy) is 1. The molecule has 1 aromatic carbocycles. The summed E-state index contributed by atoms with van der Waals surface area (Å²) in [5.41, 5.74) is 6.88. The molecule has 0 fully saturated rings. The Balaban J connectivity index is 2.53. The Morgan fingerprint density at radius 1 is 1.00 bits per heavy atom. The summed E-state index contributed by atoms with van der Waals surface area (Å²) in [7, 11) is 0. The summed E-state index contributed by atoms with van der Waals surface area (Å²) in [6, 6.07) is 2.27. The lowest BCUT2D eigenvalue weighted by molar-refractivity contribution is 0.141. The fourth-order valence-corrected chi connectivity index (χ4v) is 2.55. The van der Waals surface area contributed by atoms with Gasteiger partial charge in [-0.2, -0.15) is 0 Å². The highest BCUT2D eigenvalue weighted by atomic mass is 16.5. The smallest absolute Gasteiger partial charge is 0.129 e. The van der Waals surface area contributed by atoms with Gasteiger partial charge in [-0.25, -0.2) is 0 Å². The van der Waals surface area contributed by atoms with E-state index in [0.717, 1.165) is 0 Å². The van der Waals surface area contributed by atoms with E-state index in [-0.39, 0.29) is 6.10 Å². The van der Waals surface area contributed by atoms with Crippen LogP contribution in [0.4, 0.5) is 0 Å². The molecule has 86 valence electrons. The third kappa shape index (κ3) is 1.64. The van der Waals surface area contributed by atoms with E-state index in [1.807, 2.05) is 6.26 Å². The van der Waals surface area contributed by atoms with E-state index < -0.39 is 0 Å². The van der Waals surface area contributed by atoms with E-state index >= 15 is 0 Å². The van der Waals surface area contributed by atoms with E-state index in [2.05, 4.69) is 46.8 Å². The van der Waals surface area contributed by atoms with Gasteiger partial charge in [0, 0.05) is 5.92 Å². The van der Waals surface area contributed by atoms with E-state index in [4.69, 9.17) is 4.74 Å². The molecule has 0 aliphatic carbocycles. The van der Waals surface area contributed by atoms with E-state index in [1.54, 1.807) is 0 Å². The average Bonchev–Trinajstić information content (AvgIpc) is 2.62. The fourth-order valence-electron chi connectivity index (χ4n) is 2.55. The first-order chi connectivity index (χ1) is 7.52. The van der Waals surface area contributed by atoms with Gasteiger partial charge in [0.15, 0.2) is 0 Å². The van der Waals surface area contributed by atoms with Crippen molar-refractivity contribution in [3.63, 3.8) is 0 Å². The minimum atomic E-state index is 0.208. The molecule has 1 aliphatic rings. The van der Waals surface area contributed by atoms with Gasteiger partial charge in [0.05, 0.1) is 6.26 Å². The number of benzene rings is 1. The predicted molar refractivity (Wildman–Crippen MR) is 67.5 cm³/mol. The van der Waals surface area contributed by atoms with Crippen molar-refractivity contribution in [1.29, 1.82) is 0 Å². The predicted octanol–water partition coefficient (Wildman–Crippen LogP) is 4.14. The maximum Gasteiger partial charge on any atom is 0.129 e. The molecule has 0 saturated heterocycles. The van der Waals surface area contributed by atoms with Crippen molar-refractivity contribution in [3.8, 4) is 0 Å². The van der Waals surface area contributed by atoms with Crippen molar-refractivity contribution in [3.05, 3.63) is 46.2 Å². The zero-order valence-electron chi connectivity index (χ0n) is 10.8. The van der Waals surface area contributed by atoms with E-state index in [9.17, 15) is 0 Å². The highest BCUT2D eigenvalue weighted by molar-refractivity contribution is 5.45. The Hall–Kier alpha value is -1.24. The molecule has 1 aliphatic heterocycles. The van der Waals surface area contributed by atoms with Gasteiger partial charge >= 0.3 is 0 Å². The molecule has 0 bridgehead atoms. The monoisotopic (exact) mass is 216 g/mol. The number of hydrogen-bond acceptors (Lipinski definition) is 1. The van der Waals surface area contributed by atoms with Crippen LogP contribution in [0.2, 0.25) is 0 Å². The molecule has 2 atom stereocenters. The van der Waals surface area contributed by atoms with Crippen LogP contribution in [0.25, 0.3) is 0 Å². The summed E-state index contributed by atoms with van der Waals surface area (Å²) in [6.45, 7) is 11.0. The van der Waals surface area contributed by atoms with Gasteiger partial charge in [-0.1, -0.05) is 13.0 Å². The second kappa shape index (κ2) is 3.97. The summed E-state index contributed by atoms with van der Waals surface area (Å²) in [5, 5.41) is 0. The van der Waals surface area contributed by atoms with Crippen LogP contribution < -0.4 is 0 Å². The third-order valence-electron chi connectivity index (χ3n) is 3.79. The number of rotatable bonds is 1. The fraction of sp³-hybridized carbons (Fsp3) is 0.467. The van der Waals surface area contributed by atoms with Crippen LogP contribution in [-0.2, 0) is 4.74 Å². The lowest BCUT2D eigenvalue weighted by Crippen LogP contribution is -2.10. The molecule has 0 aromatic heterocycles. The van der Waals surface area contributed by atoms with Gasteiger partial charge < -0.3 is 4.74 Å². The van der Waals surface area contributed by atoms with Crippen LogP contribution in [0.15, 0.2) is 18.4 Å². The summed E-state index contributed by atoms with van der Waals surface area (Å²) >= 11 is 0. The summed E-state index contributed by atoms with van der Waals surface area (Å²) < 4.78 is 5.73. The highest BCUT2D eigenvalue weighted by Crippen LogP contribution is 2.37. The molecular formula is C15H20O. The van der Waals surface area contributed by atoms with Gasteiger partial charge in [0.25, 0.3) is 0 Å². The maximum atomic E-state index is 5.73. The normalized spacial score (nSPS) is 23.6. The summed E-state index contributed by atoms with van der Waals surface area (Å²) in [4.78, 5) is 0. The van der Waals surface area contributed by atoms with Crippen LogP contribution in [0.5, 0.6) is 0 Å². The summed E-state index contributed by atoms with van der Waals surface area (Å²) in [6.07, 6.45) is 4.18. The van der Waals surface area contributed by atoms with Crippen LogP contribution in [0, 0.1) is 33.6 Å². The molecule has 0 amide bonds. The topological polar surface area (TPSA) is 9.23 Å². The van der Waals surface area contributed by atoms with Gasteiger partial charge in [-0.3, -0.25) is 0 Å². The van der Waals surface area contributed by atoms with Crippen molar-refractivity contribution in [2.45, 2.75) is 40.7 Å². The van der Waals surface area contributed by atoms with Crippen molar-refractivity contribution in [2.75, 3.05) is 0 Å². The molecule has 1 heterocycles. The van der Waals surface area contributed by atoms with Crippen LogP contribution >= 0.6 is 0 Å². The third-order valence-corrected chi connectivity index (χ3v) is 3.79. The van der Waals surface area contributed by atoms with Gasteiger partial charge in [0.1, 0.15) is 6.10 Å². The minimum absolute atomic E-state index is 0.208. The van der Waals surface area contributed by atoms with Crippen molar-refractivity contribution >= 4 is 0 Å². The number of aryl methyl sites for hydroxylation is 2. The minimum Gasteiger partial charge on any atom is -0.493 e. The molecule has 1 nitrogen and oxygen atoms in total. The Labute approximate surface area is 98.1 Å². The Morgan fingerprint density at radius 3 is 2.25 bits per heavy atom. The molecule has 16 heavy (non-hydrogen) atoms. The highest BCUT2D eigenvalue weighted by Gasteiger charge is 2.26. The first-order valence-electron chi connectivity index (χ1n) is 5.91. The van der Waals surface area contributed by atoms with Crippen LogP contribution in [0.1, 0.15) is 40.8 Å². The lowest BCUT2D eigenvalue weighted by Gasteiger charge is -2.22. The molecule has 1 heteroatoms. The molecule has 0 N–H and O–H groups in total. The zero-order chi connectivity index (χ0) is 11.9. The second-order valence-electron chi connectivity index (χ2n) is 4.92. The van der Waals surface area contributed by atoms with Crippen LogP contribution in [0.3, 0.4) is 0 Å². The molecule has 0 spiro atoms. The Bertz CT molecular complexity index is 443. The van der Waals surface area contributed by atoms with Crippen molar-refractivity contribution < 1.29 is 4.74 Å². The Morgan fingerprint density at radius 2 is 1.69 bits per heavy atom. The first-order valence-corrected chi connectivity index (χ1v) is 5.91. The second-order valence-corrected chi connectivity index (χ2v) is 4.92. The van der Waals surface area contributed by atoms with Gasteiger partial charge in [-0.05, 0) is 61.6 Å². The molecule has 0 unspecified atom stereocenters. The molecular weight excluding hydrogens is 196 g/mol. The largest absolute Gasteiger partial charge is 0.493 e. The molecule has 2 rings (SSSR count). The van der Waals surface area contributed by atoms with Crippen LogP contribution in [-0.4, -0.2) is 0 Å². The molecule has 1 aromatic rings. The Kier molecular flexibility index (Phi) is 2.79. The summed E-state index contributed by atoms with van der Waals surface area (Å²) in [5.74, 6) is 0.472. The zero-order valence-corrected chi connectivity index (χ0v) is 10.8. The van der Waals surface area contributed by atoms with Crippen molar-refractivity contribution in [1.82, 2.24) is 0 Å². The maximum absolute atomic E-state index is 5.73. The SMILES string of the molecule is Cc1cc(C)c([C@@H]2OC=C[C@@H]2C)c(C)c1C. The number of hydrogen-bond donors (Lipinski definition) is 0. The quantitative estimate of drug-likeness (QED) is 0.685.